The highest BCUT2D eigenvalue weighted by Gasteiger charge is 2.28. The van der Waals surface area contributed by atoms with Crippen LogP contribution in [0.1, 0.15) is 25.8 Å². The maximum Gasteiger partial charge on any atom is 0.326 e. The number of aliphatic hydroxyl groups is 1. The largest absolute Gasteiger partial charge is 0.480 e. The van der Waals surface area contributed by atoms with Gasteiger partial charge in [0, 0.05) is 12.5 Å². The number of carbonyl (C=O) groups is 2. The van der Waals surface area contributed by atoms with Crippen LogP contribution in [-0.2, 0) is 16.0 Å². The van der Waals surface area contributed by atoms with E-state index in [0.29, 0.717) is 6.42 Å². The monoisotopic (exact) mass is 308 g/mol. The number of carboxylic acids is 1. The number of amides is 1. The van der Waals surface area contributed by atoms with Gasteiger partial charge in [0.05, 0.1) is 0 Å². The molecule has 122 valence electrons. The summed E-state index contributed by atoms with van der Waals surface area (Å²) in [5.74, 6) is -1.67. The average Bonchev–Trinajstić information content (AvgIpc) is 2.45. The quantitative estimate of drug-likeness (QED) is 0.559. The summed E-state index contributed by atoms with van der Waals surface area (Å²) < 4.78 is 0. The Balaban J connectivity index is 2.66. The van der Waals surface area contributed by atoms with Gasteiger partial charge in [-0.2, -0.15) is 0 Å². The fourth-order valence-corrected chi connectivity index (χ4v) is 2.17. The van der Waals surface area contributed by atoms with Crippen LogP contribution in [0.25, 0.3) is 0 Å². The Labute approximate surface area is 130 Å². The summed E-state index contributed by atoms with van der Waals surface area (Å²) in [7, 11) is 0. The number of hydrogen-bond acceptors (Lipinski definition) is 4. The third kappa shape index (κ3) is 5.83. The zero-order chi connectivity index (χ0) is 16.7. The smallest absolute Gasteiger partial charge is 0.326 e. The predicted octanol–water partition coefficient (Wildman–Crippen LogP) is 0.533. The Morgan fingerprint density at radius 2 is 1.82 bits per heavy atom. The number of carboxylic acid groups (broad SMARTS) is 1. The van der Waals surface area contributed by atoms with Crippen LogP contribution in [0.5, 0.6) is 0 Å². The van der Waals surface area contributed by atoms with Crippen molar-refractivity contribution >= 4 is 11.9 Å². The molecule has 1 amide bonds. The molecule has 0 saturated carbocycles. The molecule has 0 bridgehead atoms. The van der Waals surface area contributed by atoms with E-state index in [1.807, 2.05) is 19.9 Å². The van der Waals surface area contributed by atoms with E-state index in [4.69, 9.17) is 5.73 Å². The summed E-state index contributed by atoms with van der Waals surface area (Å²) >= 11 is 0. The zero-order valence-corrected chi connectivity index (χ0v) is 12.9. The molecule has 0 aliphatic carbocycles. The normalized spacial score (nSPS) is 15.1. The predicted molar refractivity (Wildman–Crippen MR) is 83.1 cm³/mol. The molecule has 0 aliphatic heterocycles. The van der Waals surface area contributed by atoms with E-state index in [1.54, 1.807) is 24.3 Å². The molecule has 6 heteroatoms. The van der Waals surface area contributed by atoms with Gasteiger partial charge in [-0.15, -0.1) is 0 Å². The van der Waals surface area contributed by atoms with Gasteiger partial charge in [0.1, 0.15) is 12.1 Å². The highest BCUT2D eigenvalue weighted by molar-refractivity contribution is 5.86. The molecule has 0 radical (unpaired) electrons. The number of carbonyl (C=O) groups excluding carboxylic acids is 1. The molecule has 1 aromatic carbocycles. The first kappa shape index (κ1) is 18.1. The van der Waals surface area contributed by atoms with Crippen molar-refractivity contribution in [3.05, 3.63) is 35.9 Å². The number of rotatable bonds is 8. The molecule has 0 heterocycles. The molecule has 0 spiro atoms. The van der Waals surface area contributed by atoms with Gasteiger partial charge in [-0.25, -0.2) is 4.79 Å². The summed E-state index contributed by atoms with van der Waals surface area (Å²) in [6.07, 6.45) is -0.793. The third-order valence-corrected chi connectivity index (χ3v) is 3.31. The van der Waals surface area contributed by atoms with Gasteiger partial charge < -0.3 is 21.3 Å². The number of hydrogen-bond donors (Lipinski definition) is 4. The van der Waals surface area contributed by atoms with Crippen LogP contribution in [0, 0.1) is 5.92 Å². The molecule has 0 saturated heterocycles. The maximum absolute atomic E-state index is 12.0. The van der Waals surface area contributed by atoms with E-state index >= 15 is 0 Å². The fourth-order valence-electron chi connectivity index (χ4n) is 2.17. The van der Waals surface area contributed by atoms with Crippen LogP contribution in [0.15, 0.2) is 30.3 Å². The van der Waals surface area contributed by atoms with Gasteiger partial charge in [-0.3, -0.25) is 4.79 Å². The topological polar surface area (TPSA) is 113 Å². The van der Waals surface area contributed by atoms with Crippen LogP contribution in [0.4, 0.5) is 0 Å². The second kappa shape index (κ2) is 8.51. The minimum absolute atomic E-state index is 0.147. The van der Waals surface area contributed by atoms with Gasteiger partial charge in [0.15, 0.2) is 0 Å². The van der Waals surface area contributed by atoms with Crippen molar-refractivity contribution < 1.29 is 19.8 Å². The van der Waals surface area contributed by atoms with Crippen molar-refractivity contribution in [3.8, 4) is 0 Å². The molecule has 6 nitrogen and oxygen atoms in total. The van der Waals surface area contributed by atoms with Gasteiger partial charge in [0.25, 0.3) is 5.91 Å². The Bertz CT molecular complexity index is 490. The summed E-state index contributed by atoms with van der Waals surface area (Å²) in [5.41, 5.74) is 6.55. The summed E-state index contributed by atoms with van der Waals surface area (Å²) in [6, 6.07) is 7.16. The second-order valence-corrected chi connectivity index (χ2v) is 5.83. The van der Waals surface area contributed by atoms with E-state index in [9.17, 15) is 19.8 Å². The fraction of sp³-hybridized carbons (Fsp3) is 0.500. The maximum atomic E-state index is 12.0. The van der Waals surface area contributed by atoms with E-state index in [1.165, 1.54) is 0 Å². The van der Waals surface area contributed by atoms with Gasteiger partial charge in [-0.05, 0) is 17.9 Å². The standard InChI is InChI=1S/C16H24N2O4/c1-10(2)8-12(17)14(19)15(20)18-13(16(21)22)9-11-6-4-3-5-7-11/h3-7,10,12-14,19H,8-9,17H2,1-2H3,(H,18,20)(H,21,22)/t12-,13-,14+/m0/s1. The Morgan fingerprint density at radius 1 is 1.23 bits per heavy atom. The first-order chi connectivity index (χ1) is 10.3. The molecule has 3 atom stereocenters. The molecular formula is C16H24N2O4. The lowest BCUT2D eigenvalue weighted by Crippen LogP contribution is -2.52. The van der Waals surface area contributed by atoms with Crippen molar-refractivity contribution in [1.82, 2.24) is 5.32 Å². The lowest BCUT2D eigenvalue weighted by molar-refractivity contribution is -0.143. The Morgan fingerprint density at radius 3 is 2.32 bits per heavy atom. The van der Waals surface area contributed by atoms with Crippen molar-refractivity contribution in [1.29, 1.82) is 0 Å². The molecule has 5 N–H and O–H groups in total. The highest BCUT2D eigenvalue weighted by atomic mass is 16.4. The van der Waals surface area contributed by atoms with Crippen LogP contribution in [-0.4, -0.2) is 40.3 Å². The van der Waals surface area contributed by atoms with Crippen molar-refractivity contribution in [2.24, 2.45) is 11.7 Å². The first-order valence-corrected chi connectivity index (χ1v) is 7.32. The van der Waals surface area contributed by atoms with Gasteiger partial charge >= 0.3 is 5.97 Å². The minimum atomic E-state index is -1.42. The minimum Gasteiger partial charge on any atom is -0.480 e. The lowest BCUT2D eigenvalue weighted by Gasteiger charge is -2.22. The Kier molecular flexibility index (Phi) is 7.01. The molecule has 1 rings (SSSR count). The van der Waals surface area contributed by atoms with E-state index < -0.39 is 30.1 Å². The molecule has 0 aliphatic rings. The first-order valence-electron chi connectivity index (χ1n) is 7.32. The molecule has 0 aromatic heterocycles. The van der Waals surface area contributed by atoms with Crippen LogP contribution in [0.3, 0.4) is 0 Å². The molecule has 0 unspecified atom stereocenters. The Hall–Kier alpha value is -1.92. The lowest BCUT2D eigenvalue weighted by atomic mass is 9.99. The van der Waals surface area contributed by atoms with E-state index in [0.717, 1.165) is 5.56 Å². The average molecular weight is 308 g/mol. The molecule has 0 fully saturated rings. The number of aliphatic carboxylic acids is 1. The zero-order valence-electron chi connectivity index (χ0n) is 12.9. The molecular weight excluding hydrogens is 284 g/mol. The number of aliphatic hydroxyl groups excluding tert-OH is 1. The van der Waals surface area contributed by atoms with Gasteiger partial charge in [0.2, 0.25) is 0 Å². The number of nitrogens with one attached hydrogen (secondary N) is 1. The van der Waals surface area contributed by atoms with Crippen LogP contribution < -0.4 is 11.1 Å². The third-order valence-electron chi connectivity index (χ3n) is 3.31. The second-order valence-electron chi connectivity index (χ2n) is 5.83. The van der Waals surface area contributed by atoms with E-state index in [-0.39, 0.29) is 12.3 Å². The number of nitrogens with two attached hydrogens (primary N) is 1. The number of benzene rings is 1. The molecule has 1 aromatic rings. The van der Waals surface area contributed by atoms with Crippen molar-refractivity contribution in [2.75, 3.05) is 0 Å². The van der Waals surface area contributed by atoms with Crippen molar-refractivity contribution in [3.63, 3.8) is 0 Å². The SMILES string of the molecule is CC(C)C[C@H](N)[C@@H](O)C(=O)N[C@@H](Cc1ccccc1)C(=O)O. The van der Waals surface area contributed by atoms with Crippen LogP contribution in [0.2, 0.25) is 0 Å². The van der Waals surface area contributed by atoms with E-state index in [2.05, 4.69) is 5.32 Å². The highest BCUT2D eigenvalue weighted by Crippen LogP contribution is 2.08. The van der Waals surface area contributed by atoms with Gasteiger partial charge in [-0.1, -0.05) is 44.2 Å². The summed E-state index contributed by atoms with van der Waals surface area (Å²) in [4.78, 5) is 23.2. The summed E-state index contributed by atoms with van der Waals surface area (Å²) in [6.45, 7) is 3.86. The summed E-state index contributed by atoms with van der Waals surface area (Å²) in [5, 5.41) is 21.5. The van der Waals surface area contributed by atoms with Crippen molar-refractivity contribution in [2.45, 2.75) is 44.9 Å². The van der Waals surface area contributed by atoms with Crippen LogP contribution >= 0.6 is 0 Å². The molecule has 22 heavy (non-hydrogen) atoms.